The van der Waals surface area contributed by atoms with Gasteiger partial charge in [-0.2, -0.15) is 0 Å². The number of benzene rings is 2. The number of rotatable bonds is 6. The van der Waals surface area contributed by atoms with E-state index in [1.165, 1.54) is 11.4 Å². The first kappa shape index (κ1) is 21.0. The maximum atomic E-state index is 13.0. The molecule has 0 bridgehead atoms. The van der Waals surface area contributed by atoms with Gasteiger partial charge in [0.25, 0.3) is 5.91 Å². The molecule has 1 heterocycles. The van der Waals surface area contributed by atoms with Crippen molar-refractivity contribution in [1.82, 2.24) is 4.90 Å². The minimum atomic E-state index is -3.37. The summed E-state index contributed by atoms with van der Waals surface area (Å²) in [6, 6.07) is 14.6. The zero-order valence-corrected chi connectivity index (χ0v) is 17.9. The summed E-state index contributed by atoms with van der Waals surface area (Å²) >= 11 is 0. The normalized spacial score (nSPS) is 14.6. The van der Waals surface area contributed by atoms with Crippen molar-refractivity contribution < 1.29 is 17.9 Å². The topological polar surface area (TPSA) is 70.2 Å². The van der Waals surface area contributed by atoms with Crippen molar-refractivity contribution in [2.75, 3.05) is 55.3 Å². The van der Waals surface area contributed by atoms with Crippen LogP contribution in [0, 0.1) is 0 Å². The standard InChI is InChI=1S/C21H27N3O4S/c1-4-29(26,27)22(2)18-9-7-8-17(16-18)21(25)24-14-12-23(13-15-24)19-10-5-6-11-20(19)28-3/h5-11,16H,4,12-15H2,1-3H3. The second kappa shape index (κ2) is 8.73. The van der Waals surface area contributed by atoms with E-state index < -0.39 is 10.0 Å². The molecule has 0 aliphatic carbocycles. The van der Waals surface area contributed by atoms with Gasteiger partial charge in [-0.1, -0.05) is 18.2 Å². The summed E-state index contributed by atoms with van der Waals surface area (Å²) in [5.74, 6) is 0.737. The Hall–Kier alpha value is -2.74. The summed E-state index contributed by atoms with van der Waals surface area (Å²) in [4.78, 5) is 17.0. The van der Waals surface area contributed by atoms with E-state index in [0.29, 0.717) is 37.4 Å². The molecule has 0 N–H and O–H groups in total. The molecule has 0 atom stereocenters. The number of ether oxygens (including phenoxy) is 1. The first-order chi connectivity index (χ1) is 13.9. The molecular weight excluding hydrogens is 390 g/mol. The Morgan fingerprint density at radius 2 is 1.76 bits per heavy atom. The first-order valence-electron chi connectivity index (χ1n) is 9.61. The highest BCUT2D eigenvalue weighted by molar-refractivity contribution is 7.92. The monoisotopic (exact) mass is 417 g/mol. The zero-order chi connectivity index (χ0) is 21.0. The van der Waals surface area contributed by atoms with Gasteiger partial charge in [-0.3, -0.25) is 9.10 Å². The van der Waals surface area contributed by atoms with Crippen LogP contribution in [0.4, 0.5) is 11.4 Å². The van der Waals surface area contributed by atoms with E-state index in [1.54, 1.807) is 43.2 Å². The Balaban J connectivity index is 1.71. The second-order valence-corrected chi connectivity index (χ2v) is 9.16. The third-order valence-corrected chi connectivity index (χ3v) is 7.01. The van der Waals surface area contributed by atoms with Crippen LogP contribution in [0.5, 0.6) is 5.75 Å². The summed E-state index contributed by atoms with van der Waals surface area (Å²) < 4.78 is 30.9. The average Bonchev–Trinajstić information content (AvgIpc) is 2.78. The molecule has 0 radical (unpaired) electrons. The third kappa shape index (κ3) is 4.48. The molecule has 7 nitrogen and oxygen atoms in total. The molecule has 2 aromatic carbocycles. The molecule has 1 amide bonds. The Morgan fingerprint density at radius 3 is 2.41 bits per heavy atom. The molecule has 1 fully saturated rings. The van der Waals surface area contributed by atoms with Crippen LogP contribution in [0.3, 0.4) is 0 Å². The number of hydrogen-bond acceptors (Lipinski definition) is 5. The number of methoxy groups -OCH3 is 1. The third-order valence-electron chi connectivity index (χ3n) is 5.23. The van der Waals surface area contributed by atoms with Crippen molar-refractivity contribution in [3.05, 3.63) is 54.1 Å². The molecule has 1 aliphatic rings. The average molecular weight is 418 g/mol. The van der Waals surface area contributed by atoms with Gasteiger partial charge in [-0.05, 0) is 37.3 Å². The van der Waals surface area contributed by atoms with Crippen LogP contribution < -0.4 is 13.9 Å². The van der Waals surface area contributed by atoms with Crippen LogP contribution in [0.25, 0.3) is 0 Å². The van der Waals surface area contributed by atoms with Gasteiger partial charge in [-0.15, -0.1) is 0 Å². The number of carbonyl (C=O) groups is 1. The van der Waals surface area contributed by atoms with E-state index in [1.807, 2.05) is 24.3 Å². The molecule has 3 rings (SSSR count). The molecule has 0 spiro atoms. The zero-order valence-electron chi connectivity index (χ0n) is 17.0. The van der Waals surface area contributed by atoms with E-state index in [-0.39, 0.29) is 11.7 Å². The van der Waals surface area contributed by atoms with Gasteiger partial charge in [0, 0.05) is 38.8 Å². The van der Waals surface area contributed by atoms with Gasteiger partial charge in [0.15, 0.2) is 0 Å². The highest BCUT2D eigenvalue weighted by Crippen LogP contribution is 2.28. The van der Waals surface area contributed by atoms with Crippen LogP contribution in [0.15, 0.2) is 48.5 Å². The first-order valence-corrected chi connectivity index (χ1v) is 11.2. The lowest BCUT2D eigenvalue weighted by Crippen LogP contribution is -2.48. The fourth-order valence-corrected chi connectivity index (χ4v) is 4.24. The molecule has 8 heteroatoms. The number of hydrogen-bond donors (Lipinski definition) is 0. The number of para-hydroxylation sites is 2. The van der Waals surface area contributed by atoms with E-state index in [2.05, 4.69) is 4.90 Å². The quantitative estimate of drug-likeness (QED) is 0.722. The Morgan fingerprint density at radius 1 is 1.07 bits per heavy atom. The maximum absolute atomic E-state index is 13.0. The van der Waals surface area contributed by atoms with Crippen LogP contribution in [0.2, 0.25) is 0 Å². The number of sulfonamides is 1. The molecule has 1 saturated heterocycles. The SMILES string of the molecule is CCS(=O)(=O)N(C)c1cccc(C(=O)N2CCN(c3ccccc3OC)CC2)c1. The van der Waals surface area contributed by atoms with E-state index in [4.69, 9.17) is 4.74 Å². The van der Waals surface area contributed by atoms with Crippen LogP contribution in [-0.2, 0) is 10.0 Å². The van der Waals surface area contributed by atoms with E-state index in [0.717, 1.165) is 11.4 Å². The van der Waals surface area contributed by atoms with Gasteiger partial charge in [0.2, 0.25) is 10.0 Å². The smallest absolute Gasteiger partial charge is 0.254 e. The van der Waals surface area contributed by atoms with Gasteiger partial charge >= 0.3 is 0 Å². The Kier molecular flexibility index (Phi) is 6.32. The lowest BCUT2D eigenvalue weighted by Gasteiger charge is -2.36. The number of anilines is 2. The van der Waals surface area contributed by atoms with Crippen molar-refractivity contribution in [3.8, 4) is 5.75 Å². The lowest BCUT2D eigenvalue weighted by atomic mass is 10.1. The minimum absolute atomic E-state index is 0.00653. The van der Waals surface area contributed by atoms with E-state index >= 15 is 0 Å². The molecule has 0 saturated carbocycles. The summed E-state index contributed by atoms with van der Waals surface area (Å²) in [7, 11) is -0.211. The predicted octanol–water partition coefficient (Wildman–Crippen LogP) is 2.44. The molecule has 2 aromatic rings. The highest BCUT2D eigenvalue weighted by Gasteiger charge is 2.24. The van der Waals surface area contributed by atoms with Crippen molar-refractivity contribution in [1.29, 1.82) is 0 Å². The highest BCUT2D eigenvalue weighted by atomic mass is 32.2. The second-order valence-electron chi connectivity index (χ2n) is 6.87. The van der Waals surface area contributed by atoms with Crippen LogP contribution >= 0.6 is 0 Å². The van der Waals surface area contributed by atoms with E-state index in [9.17, 15) is 13.2 Å². The molecule has 0 aromatic heterocycles. The van der Waals surface area contributed by atoms with Gasteiger partial charge in [0.1, 0.15) is 5.75 Å². The number of carbonyl (C=O) groups excluding carboxylic acids is 1. The van der Waals surface area contributed by atoms with Gasteiger partial charge in [-0.25, -0.2) is 8.42 Å². The van der Waals surface area contributed by atoms with Gasteiger partial charge < -0.3 is 14.5 Å². The summed E-state index contributed by atoms with van der Waals surface area (Å²) in [5.41, 5.74) is 2.01. The number of piperazine rings is 1. The molecule has 156 valence electrons. The van der Waals surface area contributed by atoms with Crippen molar-refractivity contribution in [3.63, 3.8) is 0 Å². The summed E-state index contributed by atoms with van der Waals surface area (Å²) in [6.45, 7) is 4.18. The molecular formula is C21H27N3O4S. The molecule has 0 unspecified atom stereocenters. The van der Waals surface area contributed by atoms with Crippen molar-refractivity contribution in [2.45, 2.75) is 6.92 Å². The minimum Gasteiger partial charge on any atom is -0.495 e. The largest absolute Gasteiger partial charge is 0.495 e. The molecule has 1 aliphatic heterocycles. The Bertz CT molecular complexity index is 969. The van der Waals surface area contributed by atoms with Crippen LogP contribution in [-0.4, -0.2) is 65.3 Å². The summed E-state index contributed by atoms with van der Waals surface area (Å²) in [6.07, 6.45) is 0. The van der Waals surface area contributed by atoms with Crippen molar-refractivity contribution in [2.24, 2.45) is 0 Å². The predicted molar refractivity (Wildman–Crippen MR) is 115 cm³/mol. The fourth-order valence-electron chi connectivity index (χ4n) is 3.41. The Labute approximate surface area is 172 Å². The van der Waals surface area contributed by atoms with Gasteiger partial charge in [0.05, 0.1) is 24.2 Å². The summed E-state index contributed by atoms with van der Waals surface area (Å²) in [5, 5.41) is 0. The van der Waals surface area contributed by atoms with Crippen LogP contribution in [0.1, 0.15) is 17.3 Å². The lowest BCUT2D eigenvalue weighted by molar-refractivity contribution is 0.0746. The fraction of sp³-hybridized carbons (Fsp3) is 0.381. The number of amides is 1. The maximum Gasteiger partial charge on any atom is 0.254 e. The van der Waals surface area contributed by atoms with Crippen molar-refractivity contribution >= 4 is 27.3 Å². The molecule has 29 heavy (non-hydrogen) atoms. The number of nitrogens with zero attached hydrogens (tertiary/aromatic N) is 3.